The molecule has 0 radical (unpaired) electrons. The third-order valence-electron chi connectivity index (χ3n) is 2.32. The van der Waals surface area contributed by atoms with Gasteiger partial charge in [-0.05, 0) is 39.5 Å². The number of carboxylic acids is 1. The van der Waals surface area contributed by atoms with Crippen LogP contribution in [0, 0.1) is 5.41 Å². The van der Waals surface area contributed by atoms with Gasteiger partial charge < -0.3 is 10.0 Å². The minimum absolute atomic E-state index is 0.194. The summed E-state index contributed by atoms with van der Waals surface area (Å²) in [4.78, 5) is 12.9. The minimum Gasteiger partial charge on any atom is -0.478 e. The maximum atomic E-state index is 10.8. The van der Waals surface area contributed by atoms with E-state index in [4.69, 9.17) is 5.11 Å². The standard InChI is InChI=1S/C13H18BrNO2/c1-13(2,3)8-15(4)11-6-5-9(12(16)17)7-10(11)14/h5-7H,8H2,1-4H3,(H,16,17). The molecule has 0 saturated carbocycles. The van der Waals surface area contributed by atoms with Crippen molar-refractivity contribution in [2.75, 3.05) is 18.5 Å². The van der Waals surface area contributed by atoms with Crippen molar-refractivity contribution in [3.05, 3.63) is 28.2 Å². The molecule has 0 aliphatic carbocycles. The van der Waals surface area contributed by atoms with Crippen molar-refractivity contribution in [3.63, 3.8) is 0 Å². The molecule has 1 N–H and O–H groups in total. The Labute approximate surface area is 111 Å². The number of benzene rings is 1. The lowest BCUT2D eigenvalue weighted by molar-refractivity contribution is 0.0697. The van der Waals surface area contributed by atoms with Gasteiger partial charge in [-0.3, -0.25) is 0 Å². The first-order valence-electron chi connectivity index (χ1n) is 5.45. The third-order valence-corrected chi connectivity index (χ3v) is 2.95. The zero-order valence-electron chi connectivity index (χ0n) is 10.6. The van der Waals surface area contributed by atoms with Gasteiger partial charge in [-0.25, -0.2) is 4.79 Å². The van der Waals surface area contributed by atoms with Crippen molar-refractivity contribution in [1.82, 2.24) is 0 Å². The van der Waals surface area contributed by atoms with E-state index in [1.165, 1.54) is 0 Å². The summed E-state index contributed by atoms with van der Waals surface area (Å²) in [6.07, 6.45) is 0. The Balaban J connectivity index is 2.96. The number of hydrogen-bond donors (Lipinski definition) is 1. The molecule has 0 spiro atoms. The average molecular weight is 300 g/mol. The van der Waals surface area contributed by atoms with Crippen LogP contribution in [0.4, 0.5) is 5.69 Å². The van der Waals surface area contributed by atoms with Crippen LogP contribution in [0.2, 0.25) is 0 Å². The molecular formula is C13H18BrNO2. The van der Waals surface area contributed by atoms with E-state index in [1.807, 2.05) is 13.1 Å². The predicted octanol–water partition coefficient (Wildman–Crippen LogP) is 3.63. The van der Waals surface area contributed by atoms with Crippen LogP contribution in [0.1, 0.15) is 31.1 Å². The molecule has 0 aromatic heterocycles. The van der Waals surface area contributed by atoms with Gasteiger partial charge in [-0.15, -0.1) is 0 Å². The van der Waals surface area contributed by atoms with Crippen molar-refractivity contribution >= 4 is 27.6 Å². The van der Waals surface area contributed by atoms with Gasteiger partial charge in [0.05, 0.1) is 11.3 Å². The van der Waals surface area contributed by atoms with Gasteiger partial charge in [0.1, 0.15) is 0 Å². The number of halogens is 1. The molecule has 0 bridgehead atoms. The molecule has 17 heavy (non-hydrogen) atoms. The molecule has 3 nitrogen and oxygen atoms in total. The molecule has 0 saturated heterocycles. The van der Waals surface area contributed by atoms with Crippen LogP contribution < -0.4 is 4.90 Å². The molecule has 94 valence electrons. The second-order valence-corrected chi connectivity index (χ2v) is 6.24. The zero-order chi connectivity index (χ0) is 13.2. The smallest absolute Gasteiger partial charge is 0.335 e. The van der Waals surface area contributed by atoms with Crippen molar-refractivity contribution in [2.24, 2.45) is 5.41 Å². The number of rotatable bonds is 3. The Kier molecular flexibility index (Phi) is 4.20. The van der Waals surface area contributed by atoms with E-state index in [9.17, 15) is 4.79 Å². The second-order valence-electron chi connectivity index (χ2n) is 5.39. The van der Waals surface area contributed by atoms with Gasteiger partial charge in [-0.2, -0.15) is 0 Å². The van der Waals surface area contributed by atoms with Crippen LogP contribution in [0.15, 0.2) is 22.7 Å². The third kappa shape index (κ3) is 4.04. The van der Waals surface area contributed by atoms with Crippen molar-refractivity contribution in [3.8, 4) is 0 Å². The summed E-state index contributed by atoms with van der Waals surface area (Å²) >= 11 is 3.42. The van der Waals surface area contributed by atoms with Crippen molar-refractivity contribution < 1.29 is 9.90 Å². The van der Waals surface area contributed by atoms with Crippen LogP contribution in [0.25, 0.3) is 0 Å². The van der Waals surface area contributed by atoms with E-state index in [2.05, 4.69) is 41.6 Å². The van der Waals surface area contributed by atoms with E-state index in [1.54, 1.807) is 12.1 Å². The molecule has 0 amide bonds. The summed E-state index contributed by atoms with van der Waals surface area (Å²) < 4.78 is 0.809. The highest BCUT2D eigenvalue weighted by atomic mass is 79.9. The Bertz CT molecular complexity index is 424. The monoisotopic (exact) mass is 299 g/mol. The number of anilines is 1. The first-order chi connectivity index (χ1) is 7.70. The maximum Gasteiger partial charge on any atom is 0.335 e. The predicted molar refractivity (Wildman–Crippen MR) is 73.8 cm³/mol. The van der Waals surface area contributed by atoms with E-state index < -0.39 is 5.97 Å². The molecule has 0 fully saturated rings. The van der Waals surface area contributed by atoms with Gasteiger partial charge in [-0.1, -0.05) is 20.8 Å². The summed E-state index contributed by atoms with van der Waals surface area (Å²) in [5, 5.41) is 8.89. The van der Waals surface area contributed by atoms with Gasteiger partial charge in [0, 0.05) is 18.1 Å². The molecule has 0 atom stereocenters. The topological polar surface area (TPSA) is 40.5 Å². The Hall–Kier alpha value is -1.03. The van der Waals surface area contributed by atoms with E-state index in [0.717, 1.165) is 16.7 Å². The summed E-state index contributed by atoms with van der Waals surface area (Å²) in [7, 11) is 2.01. The molecule has 1 rings (SSSR count). The van der Waals surface area contributed by atoms with Gasteiger partial charge in [0.15, 0.2) is 0 Å². The first-order valence-corrected chi connectivity index (χ1v) is 6.24. The normalized spacial score (nSPS) is 11.4. The number of hydrogen-bond acceptors (Lipinski definition) is 2. The summed E-state index contributed by atoms with van der Waals surface area (Å²) in [6.45, 7) is 7.41. The highest BCUT2D eigenvalue weighted by molar-refractivity contribution is 9.10. The van der Waals surface area contributed by atoms with Gasteiger partial charge in [0.25, 0.3) is 0 Å². The van der Waals surface area contributed by atoms with Crippen LogP contribution in [0.3, 0.4) is 0 Å². The fraction of sp³-hybridized carbons (Fsp3) is 0.462. The van der Waals surface area contributed by atoms with Gasteiger partial charge >= 0.3 is 5.97 Å². The molecule has 0 unspecified atom stereocenters. The molecule has 0 aliphatic rings. The fourth-order valence-electron chi connectivity index (χ4n) is 1.75. The quantitative estimate of drug-likeness (QED) is 0.926. The van der Waals surface area contributed by atoms with E-state index in [0.29, 0.717) is 5.56 Å². The zero-order valence-corrected chi connectivity index (χ0v) is 12.2. The molecule has 4 heteroatoms. The Morgan fingerprint density at radius 2 is 2.00 bits per heavy atom. The van der Waals surface area contributed by atoms with Gasteiger partial charge in [0.2, 0.25) is 0 Å². The molecular weight excluding hydrogens is 282 g/mol. The fourth-order valence-corrected chi connectivity index (χ4v) is 2.43. The second kappa shape index (κ2) is 5.08. The molecule has 1 aromatic rings. The Morgan fingerprint density at radius 3 is 2.41 bits per heavy atom. The molecule has 1 aromatic carbocycles. The van der Waals surface area contributed by atoms with E-state index >= 15 is 0 Å². The van der Waals surface area contributed by atoms with E-state index in [-0.39, 0.29) is 5.41 Å². The minimum atomic E-state index is -0.907. The lowest BCUT2D eigenvalue weighted by atomic mass is 9.96. The SMILES string of the molecule is CN(CC(C)(C)C)c1ccc(C(=O)O)cc1Br. The van der Waals surface area contributed by atoms with Crippen LogP contribution in [-0.4, -0.2) is 24.7 Å². The number of nitrogens with zero attached hydrogens (tertiary/aromatic N) is 1. The summed E-state index contributed by atoms with van der Waals surface area (Å²) in [5.41, 5.74) is 1.49. The highest BCUT2D eigenvalue weighted by Crippen LogP contribution is 2.28. The maximum absolute atomic E-state index is 10.8. The average Bonchev–Trinajstić information content (AvgIpc) is 2.14. The summed E-state index contributed by atoms with van der Waals surface area (Å²) in [5.74, 6) is -0.907. The highest BCUT2D eigenvalue weighted by Gasteiger charge is 2.16. The number of carboxylic acid groups (broad SMARTS) is 1. The van der Waals surface area contributed by atoms with Crippen molar-refractivity contribution in [2.45, 2.75) is 20.8 Å². The Morgan fingerprint density at radius 1 is 1.41 bits per heavy atom. The molecule has 0 aliphatic heterocycles. The number of carbonyl (C=O) groups is 1. The molecule has 0 heterocycles. The van der Waals surface area contributed by atoms with Crippen molar-refractivity contribution in [1.29, 1.82) is 0 Å². The first kappa shape index (κ1) is 14.0. The van der Waals surface area contributed by atoms with Crippen LogP contribution in [0.5, 0.6) is 0 Å². The summed E-state index contributed by atoms with van der Waals surface area (Å²) in [6, 6.07) is 5.09. The van der Waals surface area contributed by atoms with Crippen LogP contribution in [-0.2, 0) is 0 Å². The lowest BCUT2D eigenvalue weighted by Gasteiger charge is -2.29. The number of aromatic carboxylic acids is 1. The van der Waals surface area contributed by atoms with Crippen LogP contribution >= 0.6 is 15.9 Å². The lowest BCUT2D eigenvalue weighted by Crippen LogP contribution is -2.29. The largest absolute Gasteiger partial charge is 0.478 e.